The molecule has 21 heavy (non-hydrogen) atoms. The number of aryl methyl sites for hydroxylation is 1. The first kappa shape index (κ1) is 14.9. The number of anilines is 1. The van der Waals surface area contributed by atoms with E-state index in [1.165, 1.54) is 0 Å². The van der Waals surface area contributed by atoms with Gasteiger partial charge in [0.05, 0.1) is 20.6 Å². The van der Waals surface area contributed by atoms with Gasteiger partial charge < -0.3 is 14.8 Å². The molecule has 0 fully saturated rings. The molecule has 0 aliphatic carbocycles. The summed E-state index contributed by atoms with van der Waals surface area (Å²) < 4.78 is 10.3. The van der Waals surface area contributed by atoms with E-state index >= 15 is 0 Å². The molecule has 110 valence electrons. The van der Waals surface area contributed by atoms with Crippen molar-refractivity contribution in [2.75, 3.05) is 19.5 Å². The molecule has 0 atom stereocenters. The van der Waals surface area contributed by atoms with Gasteiger partial charge in [-0.05, 0) is 36.2 Å². The zero-order chi connectivity index (χ0) is 15.2. The van der Waals surface area contributed by atoms with Crippen LogP contribution in [0.3, 0.4) is 0 Å². The molecule has 4 heteroatoms. The van der Waals surface area contributed by atoms with Crippen molar-refractivity contribution in [1.82, 2.24) is 0 Å². The van der Waals surface area contributed by atoms with Gasteiger partial charge in [0.1, 0.15) is 11.5 Å². The molecule has 2 rings (SSSR count). The van der Waals surface area contributed by atoms with Crippen molar-refractivity contribution in [3.63, 3.8) is 0 Å². The van der Waals surface area contributed by atoms with Crippen molar-refractivity contribution in [3.8, 4) is 11.5 Å². The van der Waals surface area contributed by atoms with Crippen LogP contribution in [0.1, 0.15) is 11.1 Å². The highest BCUT2D eigenvalue weighted by Gasteiger charge is 2.07. The minimum Gasteiger partial charge on any atom is -0.497 e. The van der Waals surface area contributed by atoms with E-state index in [0.717, 1.165) is 22.6 Å². The maximum absolute atomic E-state index is 12.1. The van der Waals surface area contributed by atoms with Gasteiger partial charge in [-0.3, -0.25) is 4.79 Å². The summed E-state index contributed by atoms with van der Waals surface area (Å²) in [5, 5.41) is 2.86. The Kier molecular flexibility index (Phi) is 4.82. The first-order chi connectivity index (χ1) is 10.1. The van der Waals surface area contributed by atoms with Crippen LogP contribution in [-0.4, -0.2) is 20.1 Å². The number of rotatable bonds is 5. The Labute approximate surface area is 124 Å². The zero-order valence-corrected chi connectivity index (χ0v) is 12.5. The van der Waals surface area contributed by atoms with Crippen molar-refractivity contribution in [2.24, 2.45) is 0 Å². The Balaban J connectivity index is 2.02. The number of amides is 1. The van der Waals surface area contributed by atoms with Crippen LogP contribution in [0, 0.1) is 6.92 Å². The summed E-state index contributed by atoms with van der Waals surface area (Å²) in [6.07, 6.45) is 0.321. The number of carbonyl (C=O) groups excluding carboxylic acids is 1. The highest BCUT2D eigenvalue weighted by atomic mass is 16.5. The van der Waals surface area contributed by atoms with Gasteiger partial charge in [0.15, 0.2) is 0 Å². The Hall–Kier alpha value is -2.49. The van der Waals surface area contributed by atoms with E-state index in [4.69, 9.17) is 9.47 Å². The summed E-state index contributed by atoms with van der Waals surface area (Å²) in [6.45, 7) is 1.96. The lowest BCUT2D eigenvalue weighted by Crippen LogP contribution is -2.14. The van der Waals surface area contributed by atoms with Gasteiger partial charge in [-0.25, -0.2) is 0 Å². The maximum Gasteiger partial charge on any atom is 0.228 e. The highest BCUT2D eigenvalue weighted by molar-refractivity contribution is 5.92. The number of benzene rings is 2. The predicted molar refractivity (Wildman–Crippen MR) is 83.1 cm³/mol. The average molecular weight is 285 g/mol. The molecule has 0 bridgehead atoms. The quantitative estimate of drug-likeness (QED) is 0.917. The molecule has 0 aliphatic rings. The van der Waals surface area contributed by atoms with Gasteiger partial charge in [0.2, 0.25) is 5.91 Å². The normalized spacial score (nSPS) is 10.0. The van der Waals surface area contributed by atoms with Crippen molar-refractivity contribution < 1.29 is 14.3 Å². The minimum atomic E-state index is -0.0622. The number of carbonyl (C=O) groups is 1. The standard InChI is InChI=1S/C17H19NO3/c1-12-9-13(7-8-16(12)21-3)10-17(19)18-14-5-4-6-15(11-14)20-2/h4-9,11H,10H2,1-3H3,(H,18,19). The number of nitrogens with one attached hydrogen (secondary N) is 1. The lowest BCUT2D eigenvalue weighted by Gasteiger charge is -2.09. The maximum atomic E-state index is 12.1. The van der Waals surface area contributed by atoms with Crippen molar-refractivity contribution in [3.05, 3.63) is 53.6 Å². The second-order valence-electron chi connectivity index (χ2n) is 4.76. The molecule has 0 unspecified atom stereocenters. The van der Waals surface area contributed by atoms with E-state index in [2.05, 4.69) is 5.32 Å². The van der Waals surface area contributed by atoms with Crippen LogP contribution >= 0.6 is 0 Å². The fraction of sp³-hybridized carbons (Fsp3) is 0.235. The predicted octanol–water partition coefficient (Wildman–Crippen LogP) is 3.19. The molecule has 0 saturated carbocycles. The monoisotopic (exact) mass is 285 g/mol. The smallest absolute Gasteiger partial charge is 0.228 e. The number of hydrogen-bond acceptors (Lipinski definition) is 3. The number of hydrogen-bond donors (Lipinski definition) is 1. The Morgan fingerprint density at radius 2 is 1.90 bits per heavy atom. The summed E-state index contributed by atoms with van der Waals surface area (Å²) in [5.74, 6) is 1.48. The molecular formula is C17H19NO3. The third-order valence-corrected chi connectivity index (χ3v) is 3.18. The van der Waals surface area contributed by atoms with Crippen molar-refractivity contribution >= 4 is 11.6 Å². The first-order valence-electron chi connectivity index (χ1n) is 6.70. The van der Waals surface area contributed by atoms with Crippen molar-refractivity contribution in [2.45, 2.75) is 13.3 Å². The van der Waals surface area contributed by atoms with Gasteiger partial charge in [0.25, 0.3) is 0 Å². The van der Waals surface area contributed by atoms with Crippen molar-refractivity contribution in [1.29, 1.82) is 0 Å². The lowest BCUT2D eigenvalue weighted by atomic mass is 10.1. The van der Waals surface area contributed by atoms with E-state index in [1.807, 2.05) is 43.3 Å². The minimum absolute atomic E-state index is 0.0622. The fourth-order valence-corrected chi connectivity index (χ4v) is 2.14. The summed E-state index contributed by atoms with van der Waals surface area (Å²) in [7, 11) is 3.23. The summed E-state index contributed by atoms with van der Waals surface area (Å²) in [4.78, 5) is 12.1. The molecule has 0 saturated heterocycles. The summed E-state index contributed by atoms with van der Waals surface area (Å²) in [5.41, 5.74) is 2.70. The Bertz CT molecular complexity index is 638. The van der Waals surface area contributed by atoms with Crippen LogP contribution in [0.5, 0.6) is 11.5 Å². The largest absolute Gasteiger partial charge is 0.497 e. The van der Waals surface area contributed by atoms with Gasteiger partial charge in [-0.2, -0.15) is 0 Å². The van der Waals surface area contributed by atoms with E-state index in [-0.39, 0.29) is 5.91 Å². The van der Waals surface area contributed by atoms with E-state index in [1.54, 1.807) is 20.3 Å². The Morgan fingerprint density at radius 1 is 1.10 bits per heavy atom. The van der Waals surface area contributed by atoms with E-state index < -0.39 is 0 Å². The molecule has 0 radical (unpaired) electrons. The molecule has 1 N–H and O–H groups in total. The second-order valence-corrected chi connectivity index (χ2v) is 4.76. The Morgan fingerprint density at radius 3 is 2.57 bits per heavy atom. The molecule has 0 heterocycles. The molecule has 2 aromatic carbocycles. The zero-order valence-electron chi connectivity index (χ0n) is 12.5. The second kappa shape index (κ2) is 6.79. The summed E-state index contributed by atoms with van der Waals surface area (Å²) in [6, 6.07) is 13.0. The first-order valence-corrected chi connectivity index (χ1v) is 6.70. The molecular weight excluding hydrogens is 266 g/mol. The molecule has 0 aliphatic heterocycles. The molecule has 1 amide bonds. The van der Waals surface area contributed by atoms with Crippen LogP contribution in [0.15, 0.2) is 42.5 Å². The third-order valence-electron chi connectivity index (χ3n) is 3.18. The lowest BCUT2D eigenvalue weighted by molar-refractivity contribution is -0.115. The fourth-order valence-electron chi connectivity index (χ4n) is 2.14. The SMILES string of the molecule is COc1cccc(NC(=O)Cc2ccc(OC)c(C)c2)c1. The molecule has 4 nitrogen and oxygen atoms in total. The van der Waals surface area contributed by atoms with Crippen LogP contribution in [-0.2, 0) is 11.2 Å². The molecule has 0 spiro atoms. The highest BCUT2D eigenvalue weighted by Crippen LogP contribution is 2.20. The van der Waals surface area contributed by atoms with Crippen LogP contribution in [0.2, 0.25) is 0 Å². The topological polar surface area (TPSA) is 47.6 Å². The van der Waals surface area contributed by atoms with E-state index in [0.29, 0.717) is 12.2 Å². The van der Waals surface area contributed by atoms with Crippen LogP contribution in [0.25, 0.3) is 0 Å². The molecule has 0 aromatic heterocycles. The number of ether oxygens (including phenoxy) is 2. The summed E-state index contributed by atoms with van der Waals surface area (Å²) >= 11 is 0. The van der Waals surface area contributed by atoms with Gasteiger partial charge in [-0.15, -0.1) is 0 Å². The van der Waals surface area contributed by atoms with Gasteiger partial charge in [0, 0.05) is 11.8 Å². The van der Waals surface area contributed by atoms with E-state index in [9.17, 15) is 4.79 Å². The number of methoxy groups -OCH3 is 2. The molecule has 2 aromatic rings. The third kappa shape index (κ3) is 3.99. The van der Waals surface area contributed by atoms with Crippen LogP contribution in [0.4, 0.5) is 5.69 Å². The van der Waals surface area contributed by atoms with Gasteiger partial charge >= 0.3 is 0 Å². The van der Waals surface area contributed by atoms with Crippen LogP contribution < -0.4 is 14.8 Å². The van der Waals surface area contributed by atoms with Gasteiger partial charge in [-0.1, -0.05) is 18.2 Å². The average Bonchev–Trinajstić information content (AvgIpc) is 2.47.